The third kappa shape index (κ3) is 3.20. The van der Waals surface area contributed by atoms with Crippen molar-refractivity contribution in [3.8, 4) is 5.75 Å². The van der Waals surface area contributed by atoms with Crippen molar-refractivity contribution in [3.05, 3.63) is 28.8 Å². The highest BCUT2D eigenvalue weighted by atomic mass is 35.5. The van der Waals surface area contributed by atoms with Gasteiger partial charge in [-0.2, -0.15) is 0 Å². The summed E-state index contributed by atoms with van der Waals surface area (Å²) in [6.07, 6.45) is 0.303. The highest BCUT2D eigenvalue weighted by Gasteiger charge is 2.04. The Morgan fingerprint density at radius 1 is 1.50 bits per heavy atom. The lowest BCUT2D eigenvalue weighted by Gasteiger charge is -2.12. The van der Waals surface area contributed by atoms with Crippen LogP contribution in [0.15, 0.2) is 18.2 Å². The van der Waals surface area contributed by atoms with Crippen LogP contribution in [-0.2, 0) is 0 Å². The fourth-order valence-corrected chi connectivity index (χ4v) is 1.31. The second-order valence-electron chi connectivity index (χ2n) is 3.28. The Labute approximate surface area is 89.5 Å². The van der Waals surface area contributed by atoms with E-state index in [1.165, 1.54) is 0 Å². The van der Waals surface area contributed by atoms with Gasteiger partial charge in [-0.15, -0.1) is 0 Å². The zero-order valence-electron chi connectivity index (χ0n) is 8.46. The van der Waals surface area contributed by atoms with Crippen LogP contribution in [0, 0.1) is 6.92 Å². The van der Waals surface area contributed by atoms with Crippen LogP contribution in [0.3, 0.4) is 0 Å². The van der Waals surface area contributed by atoms with Gasteiger partial charge in [0.1, 0.15) is 12.4 Å². The van der Waals surface area contributed by atoms with Crippen molar-refractivity contribution in [3.63, 3.8) is 0 Å². The van der Waals surface area contributed by atoms with E-state index in [-0.39, 0.29) is 0 Å². The Kier molecular flexibility index (Phi) is 4.23. The summed E-state index contributed by atoms with van der Waals surface area (Å²) in [6, 6.07) is 5.44. The van der Waals surface area contributed by atoms with Gasteiger partial charge in [-0.05, 0) is 37.1 Å². The van der Waals surface area contributed by atoms with E-state index in [0.29, 0.717) is 18.1 Å². The van der Waals surface area contributed by atoms with Crippen LogP contribution in [0.2, 0.25) is 5.02 Å². The van der Waals surface area contributed by atoms with Gasteiger partial charge in [-0.3, -0.25) is 0 Å². The van der Waals surface area contributed by atoms with Crippen LogP contribution in [-0.4, -0.2) is 17.8 Å². The lowest BCUT2D eigenvalue weighted by atomic mass is 10.2. The van der Waals surface area contributed by atoms with Gasteiger partial charge in [0.15, 0.2) is 0 Å². The Morgan fingerprint density at radius 3 is 2.79 bits per heavy atom. The van der Waals surface area contributed by atoms with Crippen LogP contribution >= 0.6 is 11.6 Å². The Morgan fingerprint density at radius 2 is 2.21 bits per heavy atom. The number of rotatable bonds is 4. The van der Waals surface area contributed by atoms with E-state index in [1.807, 2.05) is 26.0 Å². The first-order valence-electron chi connectivity index (χ1n) is 4.70. The van der Waals surface area contributed by atoms with Gasteiger partial charge in [0.2, 0.25) is 0 Å². The van der Waals surface area contributed by atoms with E-state index in [0.717, 1.165) is 11.3 Å². The van der Waals surface area contributed by atoms with Gasteiger partial charge in [-0.1, -0.05) is 18.5 Å². The van der Waals surface area contributed by atoms with Crippen LogP contribution in [0.4, 0.5) is 0 Å². The molecule has 0 heterocycles. The molecule has 0 aromatic heterocycles. The molecule has 1 atom stereocenters. The number of halogens is 1. The highest BCUT2D eigenvalue weighted by Crippen LogP contribution is 2.21. The smallest absolute Gasteiger partial charge is 0.122 e. The lowest BCUT2D eigenvalue weighted by molar-refractivity contribution is 0.104. The normalized spacial score (nSPS) is 12.6. The van der Waals surface area contributed by atoms with E-state index >= 15 is 0 Å². The predicted molar refractivity (Wildman–Crippen MR) is 58.0 cm³/mol. The zero-order valence-corrected chi connectivity index (χ0v) is 9.21. The molecule has 0 saturated carbocycles. The molecule has 0 bridgehead atoms. The molecule has 0 amide bonds. The molecule has 14 heavy (non-hydrogen) atoms. The van der Waals surface area contributed by atoms with Crippen molar-refractivity contribution in [2.45, 2.75) is 26.4 Å². The molecule has 1 unspecified atom stereocenters. The average molecular weight is 215 g/mol. The van der Waals surface area contributed by atoms with E-state index in [1.54, 1.807) is 6.07 Å². The second-order valence-corrected chi connectivity index (χ2v) is 3.72. The van der Waals surface area contributed by atoms with Crippen molar-refractivity contribution >= 4 is 11.6 Å². The molecule has 0 aliphatic heterocycles. The maximum atomic E-state index is 9.31. The zero-order chi connectivity index (χ0) is 10.6. The number of benzene rings is 1. The number of hydrogen-bond acceptors (Lipinski definition) is 2. The average Bonchev–Trinajstić information content (AvgIpc) is 2.16. The molecule has 0 aliphatic rings. The summed E-state index contributed by atoms with van der Waals surface area (Å²) < 4.78 is 5.44. The van der Waals surface area contributed by atoms with Crippen LogP contribution in [0.1, 0.15) is 18.9 Å². The lowest BCUT2D eigenvalue weighted by Crippen LogP contribution is -2.16. The first kappa shape index (κ1) is 11.3. The highest BCUT2D eigenvalue weighted by molar-refractivity contribution is 6.30. The molecule has 0 radical (unpaired) electrons. The molecule has 0 fully saturated rings. The van der Waals surface area contributed by atoms with Gasteiger partial charge in [-0.25, -0.2) is 0 Å². The Balaban J connectivity index is 2.59. The largest absolute Gasteiger partial charge is 0.491 e. The fourth-order valence-electron chi connectivity index (χ4n) is 1.08. The minimum atomic E-state index is -0.398. The Hall–Kier alpha value is -0.730. The molecule has 1 N–H and O–H groups in total. The van der Waals surface area contributed by atoms with Crippen LogP contribution < -0.4 is 4.74 Å². The van der Waals surface area contributed by atoms with Crippen molar-refractivity contribution in [1.29, 1.82) is 0 Å². The minimum absolute atomic E-state index is 0.332. The van der Waals surface area contributed by atoms with E-state index in [9.17, 15) is 5.11 Å². The standard InChI is InChI=1S/C11H15ClO2/c1-3-10(13)7-14-11-5-4-9(12)6-8(11)2/h4-6,10,13H,3,7H2,1-2H3. The summed E-state index contributed by atoms with van der Waals surface area (Å²) in [4.78, 5) is 0. The number of hydrogen-bond donors (Lipinski definition) is 1. The third-order valence-electron chi connectivity index (χ3n) is 2.04. The molecule has 2 nitrogen and oxygen atoms in total. The van der Waals surface area contributed by atoms with E-state index in [4.69, 9.17) is 16.3 Å². The fraction of sp³-hybridized carbons (Fsp3) is 0.455. The third-order valence-corrected chi connectivity index (χ3v) is 2.27. The first-order valence-corrected chi connectivity index (χ1v) is 5.08. The van der Waals surface area contributed by atoms with Crippen molar-refractivity contribution in [1.82, 2.24) is 0 Å². The van der Waals surface area contributed by atoms with Gasteiger partial charge in [0, 0.05) is 5.02 Å². The van der Waals surface area contributed by atoms with Crippen LogP contribution in [0.25, 0.3) is 0 Å². The number of aliphatic hydroxyl groups excluding tert-OH is 1. The molecule has 78 valence electrons. The summed E-state index contributed by atoms with van der Waals surface area (Å²) in [5, 5.41) is 10.0. The summed E-state index contributed by atoms with van der Waals surface area (Å²) in [5.74, 6) is 0.780. The molecule has 1 aromatic rings. The Bertz CT molecular complexity index is 299. The molecular formula is C11H15ClO2. The first-order chi connectivity index (χ1) is 6.63. The number of aliphatic hydroxyl groups is 1. The maximum Gasteiger partial charge on any atom is 0.122 e. The monoisotopic (exact) mass is 214 g/mol. The molecule has 1 aromatic carbocycles. The van der Waals surface area contributed by atoms with Gasteiger partial charge < -0.3 is 9.84 Å². The van der Waals surface area contributed by atoms with Crippen molar-refractivity contribution in [2.75, 3.05) is 6.61 Å². The topological polar surface area (TPSA) is 29.5 Å². The molecule has 1 rings (SSSR count). The minimum Gasteiger partial charge on any atom is -0.491 e. The summed E-state index contributed by atoms with van der Waals surface area (Å²) in [6.45, 7) is 4.18. The molecule has 0 saturated heterocycles. The van der Waals surface area contributed by atoms with Crippen molar-refractivity contribution in [2.24, 2.45) is 0 Å². The van der Waals surface area contributed by atoms with Gasteiger partial charge >= 0.3 is 0 Å². The van der Waals surface area contributed by atoms with E-state index in [2.05, 4.69) is 0 Å². The quantitative estimate of drug-likeness (QED) is 0.835. The van der Waals surface area contributed by atoms with Gasteiger partial charge in [0.05, 0.1) is 6.10 Å². The van der Waals surface area contributed by atoms with Gasteiger partial charge in [0.25, 0.3) is 0 Å². The maximum absolute atomic E-state index is 9.31. The molecule has 3 heteroatoms. The molecular weight excluding hydrogens is 200 g/mol. The SMILES string of the molecule is CCC(O)COc1ccc(Cl)cc1C. The summed E-state index contributed by atoms with van der Waals surface area (Å²) in [5.41, 5.74) is 0.987. The molecule has 0 spiro atoms. The second kappa shape index (κ2) is 5.23. The van der Waals surface area contributed by atoms with Crippen molar-refractivity contribution < 1.29 is 9.84 Å². The molecule has 0 aliphatic carbocycles. The van der Waals surface area contributed by atoms with E-state index < -0.39 is 6.10 Å². The summed E-state index contributed by atoms with van der Waals surface area (Å²) in [7, 11) is 0. The summed E-state index contributed by atoms with van der Waals surface area (Å²) >= 11 is 5.80. The predicted octanol–water partition coefficient (Wildman–Crippen LogP) is 2.80. The number of aryl methyl sites for hydroxylation is 1. The number of ether oxygens (including phenoxy) is 1. The van der Waals surface area contributed by atoms with Crippen LogP contribution in [0.5, 0.6) is 5.75 Å².